The van der Waals surface area contributed by atoms with Gasteiger partial charge in [-0.15, -0.1) is 0 Å². The molecule has 16 nitrogen and oxygen atoms in total. The first-order chi connectivity index (χ1) is 20.5. The SMILES string of the molecule is CC(NC(=O)[C@@H](NC(=O)C1=CC=CN([O-])C1=C1C(C(=O)N[C@H](C(=O)NC(C)C(=O)O)C(C)C)=CC=C[N+]1=O)C(C)C)C(=O)O. The summed E-state index contributed by atoms with van der Waals surface area (Å²) < 4.78 is 0.188. The Balaban J connectivity index is 2.49. The summed E-state index contributed by atoms with van der Waals surface area (Å²) in [5.41, 5.74) is -1.86. The molecule has 44 heavy (non-hydrogen) atoms. The number of carboxylic acids is 2. The molecule has 6 N–H and O–H groups in total. The van der Waals surface area contributed by atoms with Crippen molar-refractivity contribution in [3.63, 3.8) is 0 Å². The van der Waals surface area contributed by atoms with Crippen LogP contribution < -0.4 is 21.3 Å². The lowest BCUT2D eigenvalue weighted by atomic mass is 9.97. The Bertz CT molecular complexity index is 1390. The van der Waals surface area contributed by atoms with Crippen molar-refractivity contribution in [3.05, 3.63) is 69.4 Å². The monoisotopic (exact) mass is 616 g/mol. The number of hydroxylamine groups is 2. The van der Waals surface area contributed by atoms with Crippen molar-refractivity contribution in [2.45, 2.75) is 65.7 Å². The Hall–Kier alpha value is -5.12. The molecule has 238 valence electrons. The van der Waals surface area contributed by atoms with Gasteiger partial charge in [0.2, 0.25) is 18.0 Å². The molecule has 0 aromatic heterocycles. The molecule has 0 aromatic carbocycles. The summed E-state index contributed by atoms with van der Waals surface area (Å²) in [5.74, 6) is -7.21. The van der Waals surface area contributed by atoms with Crippen LogP contribution in [0, 0.1) is 22.0 Å². The van der Waals surface area contributed by atoms with Crippen molar-refractivity contribution >= 4 is 35.6 Å². The number of hydrogen-bond acceptors (Lipinski definition) is 9. The van der Waals surface area contributed by atoms with Gasteiger partial charge in [-0.25, -0.2) is 0 Å². The lowest BCUT2D eigenvalue weighted by Crippen LogP contribution is -2.53. The summed E-state index contributed by atoms with van der Waals surface area (Å²) in [6.07, 6.45) is 6.78. The Labute approximate surface area is 252 Å². The van der Waals surface area contributed by atoms with Gasteiger partial charge in [-0.3, -0.25) is 28.8 Å². The summed E-state index contributed by atoms with van der Waals surface area (Å²) >= 11 is 0. The second-order valence-electron chi connectivity index (χ2n) is 10.7. The molecule has 0 aliphatic carbocycles. The van der Waals surface area contributed by atoms with E-state index in [0.717, 1.165) is 12.4 Å². The molecule has 2 heterocycles. The zero-order chi connectivity index (χ0) is 33.5. The second-order valence-corrected chi connectivity index (χ2v) is 10.7. The van der Waals surface area contributed by atoms with Crippen molar-refractivity contribution in [2.75, 3.05) is 0 Å². The van der Waals surface area contributed by atoms with E-state index < -0.39 is 83.0 Å². The third-order valence-corrected chi connectivity index (χ3v) is 6.56. The number of carboxylic acid groups (broad SMARTS) is 2. The number of amides is 4. The molecule has 16 heteroatoms. The highest BCUT2D eigenvalue weighted by Crippen LogP contribution is 2.30. The maximum absolute atomic E-state index is 13.5. The molecular formula is C28H36N6O10. The number of carbonyl (C=O) groups is 6. The van der Waals surface area contributed by atoms with Crippen LogP contribution in [0.3, 0.4) is 0 Å². The Morgan fingerprint density at radius 2 is 1.16 bits per heavy atom. The molecule has 0 fully saturated rings. The number of allylic oxidation sites excluding steroid dienone is 4. The van der Waals surface area contributed by atoms with Crippen LogP contribution in [0.1, 0.15) is 41.5 Å². The van der Waals surface area contributed by atoms with Crippen LogP contribution in [0.25, 0.3) is 0 Å². The van der Waals surface area contributed by atoms with Crippen LogP contribution >= 0.6 is 0 Å². The molecule has 0 saturated heterocycles. The highest BCUT2D eigenvalue weighted by molar-refractivity contribution is 6.04. The summed E-state index contributed by atoms with van der Waals surface area (Å²) in [6, 6.07) is -5.00. The first-order valence-corrected chi connectivity index (χ1v) is 13.6. The predicted molar refractivity (Wildman–Crippen MR) is 154 cm³/mol. The van der Waals surface area contributed by atoms with E-state index in [2.05, 4.69) is 21.3 Å². The highest BCUT2D eigenvalue weighted by Gasteiger charge is 2.39. The Kier molecular flexibility index (Phi) is 11.8. The van der Waals surface area contributed by atoms with E-state index in [4.69, 9.17) is 10.2 Å². The van der Waals surface area contributed by atoms with Crippen molar-refractivity contribution in [2.24, 2.45) is 11.8 Å². The van der Waals surface area contributed by atoms with Crippen LogP contribution in [-0.2, 0) is 28.8 Å². The highest BCUT2D eigenvalue weighted by atomic mass is 16.5. The van der Waals surface area contributed by atoms with E-state index in [1.54, 1.807) is 27.7 Å². The molecule has 2 rings (SSSR count). The molecule has 2 aliphatic heterocycles. The van der Waals surface area contributed by atoms with Gasteiger partial charge < -0.3 is 41.8 Å². The van der Waals surface area contributed by atoms with E-state index in [9.17, 15) is 38.9 Å². The van der Waals surface area contributed by atoms with Gasteiger partial charge >= 0.3 is 11.9 Å². The van der Waals surface area contributed by atoms with Crippen LogP contribution in [0.4, 0.5) is 0 Å². The first-order valence-electron chi connectivity index (χ1n) is 13.6. The Morgan fingerprint density at radius 3 is 1.59 bits per heavy atom. The van der Waals surface area contributed by atoms with Crippen LogP contribution in [0.2, 0.25) is 0 Å². The number of nitroso groups, excluding NO2 is 1. The second kappa shape index (κ2) is 14.9. The molecule has 0 bridgehead atoms. The third kappa shape index (κ3) is 8.47. The summed E-state index contributed by atoms with van der Waals surface area (Å²) in [4.78, 5) is 87.9. The zero-order valence-corrected chi connectivity index (χ0v) is 25.0. The maximum Gasteiger partial charge on any atom is 0.325 e. The van der Waals surface area contributed by atoms with Gasteiger partial charge in [-0.2, -0.15) is 0 Å². The van der Waals surface area contributed by atoms with E-state index >= 15 is 0 Å². The molecule has 0 radical (unpaired) electrons. The standard InChI is InChI=1S/C28H36N6O10/c1-13(2)19(25(37)29-15(5)27(39)40)31-23(35)17-9-7-11-33(43)21(17)22-18(10-8-12-34(22)44)24(36)32-20(14(3)4)26(38)30-16(6)28(41)42/h7-16,19-20H,1-6H3,(H,29,37)(H,30,38)(H,31,35)(H,32,36)(H,39,40)(H,41,42)/t15?,16?,19-,20-/m0/s1. The number of carbonyl (C=O) groups excluding carboxylic acids is 4. The minimum absolute atomic E-state index is 0.188. The van der Waals surface area contributed by atoms with Gasteiger partial charge in [0.1, 0.15) is 35.4 Å². The fourth-order valence-corrected chi connectivity index (χ4v) is 4.05. The molecule has 0 spiro atoms. The van der Waals surface area contributed by atoms with Crippen molar-refractivity contribution < 1.29 is 43.7 Å². The lowest BCUT2D eigenvalue weighted by Gasteiger charge is -2.33. The number of hydrogen-bond donors (Lipinski definition) is 6. The van der Waals surface area contributed by atoms with Gasteiger partial charge in [0.05, 0.1) is 10.3 Å². The quantitative estimate of drug-likeness (QED) is 0.161. The third-order valence-electron chi connectivity index (χ3n) is 6.56. The number of nitrogens with one attached hydrogen (secondary N) is 4. The number of nitrogens with zero attached hydrogens (tertiary/aromatic N) is 2. The van der Waals surface area contributed by atoms with Crippen LogP contribution in [0.15, 0.2) is 59.2 Å². The van der Waals surface area contributed by atoms with Gasteiger partial charge in [-0.1, -0.05) is 27.7 Å². The topological polar surface area (TPSA) is 237 Å². The fourth-order valence-electron chi connectivity index (χ4n) is 4.05. The smallest absolute Gasteiger partial charge is 0.325 e. The fraction of sp³-hybridized carbons (Fsp3) is 0.429. The van der Waals surface area contributed by atoms with Crippen molar-refractivity contribution in [1.29, 1.82) is 0 Å². The van der Waals surface area contributed by atoms with Crippen LogP contribution in [0.5, 0.6) is 0 Å². The zero-order valence-electron chi connectivity index (χ0n) is 25.0. The summed E-state index contributed by atoms with van der Waals surface area (Å²) in [7, 11) is 0. The summed E-state index contributed by atoms with van der Waals surface area (Å²) in [5, 5.41) is 41.0. The molecule has 0 saturated carbocycles. The van der Waals surface area contributed by atoms with Gasteiger partial charge in [0, 0.05) is 11.0 Å². The molecule has 2 unspecified atom stereocenters. The Morgan fingerprint density at radius 1 is 0.727 bits per heavy atom. The van der Waals surface area contributed by atoms with Crippen molar-refractivity contribution in [1.82, 2.24) is 26.3 Å². The first kappa shape index (κ1) is 35.1. The van der Waals surface area contributed by atoms with E-state index in [1.165, 1.54) is 38.2 Å². The van der Waals surface area contributed by atoms with Gasteiger partial charge in [0.25, 0.3) is 17.5 Å². The largest absolute Gasteiger partial charge is 0.754 e. The minimum Gasteiger partial charge on any atom is -0.754 e. The number of aliphatic carboxylic acids is 2. The maximum atomic E-state index is 13.5. The predicted octanol–water partition coefficient (Wildman–Crippen LogP) is 0.144. The minimum atomic E-state index is -1.30. The molecule has 0 aromatic rings. The van der Waals surface area contributed by atoms with Gasteiger partial charge in [0.15, 0.2) is 0 Å². The average molecular weight is 617 g/mol. The number of rotatable bonds is 12. The van der Waals surface area contributed by atoms with Crippen molar-refractivity contribution in [3.8, 4) is 0 Å². The van der Waals surface area contributed by atoms with E-state index in [0.29, 0.717) is 0 Å². The molecule has 4 amide bonds. The molecular weight excluding hydrogens is 580 g/mol. The van der Waals surface area contributed by atoms with Crippen LogP contribution in [-0.4, -0.2) is 79.8 Å². The molecule has 4 atom stereocenters. The summed E-state index contributed by atoms with van der Waals surface area (Å²) in [6.45, 7) is 8.87. The van der Waals surface area contributed by atoms with Gasteiger partial charge in [-0.05, 0) is 50.1 Å². The lowest BCUT2D eigenvalue weighted by molar-refractivity contribution is -0.422. The van der Waals surface area contributed by atoms with E-state index in [1.807, 2.05) is 0 Å². The molecule has 2 aliphatic rings. The normalized spacial score (nSPS) is 18.9. The average Bonchev–Trinajstić information content (AvgIpc) is 2.93. The van der Waals surface area contributed by atoms with E-state index in [-0.39, 0.29) is 21.0 Å².